The van der Waals surface area contributed by atoms with Crippen LogP contribution in [0.15, 0.2) is 82.0 Å². The number of rotatable bonds is 12. The summed E-state index contributed by atoms with van der Waals surface area (Å²) < 4.78 is 16.9. The second-order valence-corrected chi connectivity index (χ2v) is 8.91. The van der Waals surface area contributed by atoms with E-state index < -0.39 is 6.04 Å². The molecule has 1 N–H and O–H groups in total. The Morgan fingerprint density at radius 3 is 2.34 bits per heavy atom. The number of nitrogens with zero attached hydrogens (tertiary/aromatic N) is 2. The Hall–Kier alpha value is -4.61. The highest BCUT2D eigenvalue weighted by Gasteiger charge is 2.16. The predicted octanol–water partition coefficient (Wildman–Crippen LogP) is 5.48. The zero-order chi connectivity index (χ0) is 26.9. The number of fused-ring (bicyclic) bond motifs is 1. The molecule has 4 aromatic rings. The number of amides is 1. The summed E-state index contributed by atoms with van der Waals surface area (Å²) in [7, 11) is 0. The summed E-state index contributed by atoms with van der Waals surface area (Å²) in [5, 5.41) is 20.4. The molecule has 0 radical (unpaired) electrons. The highest BCUT2D eigenvalue weighted by molar-refractivity contribution is 5.81. The minimum absolute atomic E-state index is 0.140. The molecule has 1 amide bonds. The van der Waals surface area contributed by atoms with Crippen molar-refractivity contribution in [1.82, 2.24) is 5.06 Å². The molecule has 1 heterocycles. The van der Waals surface area contributed by atoms with Crippen molar-refractivity contribution in [2.45, 2.75) is 32.2 Å². The molecule has 0 fully saturated rings. The van der Waals surface area contributed by atoms with E-state index in [2.05, 4.69) is 6.07 Å². The summed E-state index contributed by atoms with van der Waals surface area (Å²) in [6.45, 7) is 2.45. The van der Waals surface area contributed by atoms with Crippen molar-refractivity contribution in [3.63, 3.8) is 0 Å². The number of nitriles is 1. The molecule has 38 heavy (non-hydrogen) atoms. The fourth-order valence-electron chi connectivity index (χ4n) is 4.11. The summed E-state index contributed by atoms with van der Waals surface area (Å²) in [6.07, 6.45) is 2.33. The largest absolute Gasteiger partial charge is 0.494 e. The SMILES string of the molecule is Cc1cc(=O)oc2ccc(OCCCCC(COc3ccc(-c4ccc(C#N)cc4)cc3)N(O)C=O)cc12. The molecule has 1 unspecified atom stereocenters. The first-order chi connectivity index (χ1) is 18.5. The van der Waals surface area contributed by atoms with Gasteiger partial charge >= 0.3 is 5.63 Å². The van der Waals surface area contributed by atoms with Gasteiger partial charge in [-0.15, -0.1) is 0 Å². The first-order valence-electron chi connectivity index (χ1n) is 12.3. The molecular formula is C30H28N2O6. The van der Waals surface area contributed by atoms with Crippen LogP contribution in [0.3, 0.4) is 0 Å². The van der Waals surface area contributed by atoms with E-state index in [9.17, 15) is 14.8 Å². The second-order valence-electron chi connectivity index (χ2n) is 8.91. The van der Waals surface area contributed by atoms with Crippen LogP contribution < -0.4 is 15.1 Å². The van der Waals surface area contributed by atoms with Crippen LogP contribution in [0.2, 0.25) is 0 Å². The predicted molar refractivity (Wildman–Crippen MR) is 142 cm³/mol. The molecule has 0 bridgehead atoms. The number of aryl methyl sites for hydroxylation is 1. The Morgan fingerprint density at radius 1 is 0.974 bits per heavy atom. The highest BCUT2D eigenvalue weighted by atomic mass is 16.5. The number of carbonyl (C=O) groups is 1. The van der Waals surface area contributed by atoms with Gasteiger partial charge < -0.3 is 13.9 Å². The number of carbonyl (C=O) groups excluding carboxylic acids is 1. The van der Waals surface area contributed by atoms with Crippen LogP contribution in [-0.2, 0) is 4.79 Å². The van der Waals surface area contributed by atoms with Gasteiger partial charge in [0.2, 0.25) is 6.41 Å². The number of benzene rings is 3. The van der Waals surface area contributed by atoms with Crippen LogP contribution >= 0.6 is 0 Å². The summed E-state index contributed by atoms with van der Waals surface area (Å²) in [5.41, 5.74) is 3.55. The fourth-order valence-corrected chi connectivity index (χ4v) is 4.11. The first kappa shape index (κ1) is 26.5. The maximum Gasteiger partial charge on any atom is 0.336 e. The standard InChI is InChI=1S/C30H28N2O6/c1-21-16-30(34)38-29-14-13-27(17-28(21)29)36-15-3-2-4-25(32(35)20-33)19-37-26-11-9-24(10-12-26)23-7-5-22(18-31)6-8-23/h5-14,16-17,20,25,35H,2-4,15,19H2,1H3. The van der Waals surface area contributed by atoms with Gasteiger partial charge in [0.05, 0.1) is 24.3 Å². The summed E-state index contributed by atoms with van der Waals surface area (Å²) >= 11 is 0. The van der Waals surface area contributed by atoms with Crippen LogP contribution in [0, 0.1) is 18.3 Å². The zero-order valence-corrected chi connectivity index (χ0v) is 21.0. The van der Waals surface area contributed by atoms with Crippen molar-refractivity contribution in [2.75, 3.05) is 13.2 Å². The Bertz CT molecular complexity index is 1470. The van der Waals surface area contributed by atoms with Crippen LogP contribution in [-0.4, -0.2) is 35.9 Å². The molecule has 4 rings (SSSR count). The highest BCUT2D eigenvalue weighted by Crippen LogP contribution is 2.24. The zero-order valence-electron chi connectivity index (χ0n) is 21.0. The van der Waals surface area contributed by atoms with Crippen molar-refractivity contribution in [1.29, 1.82) is 5.26 Å². The maximum absolute atomic E-state index is 11.5. The Labute approximate surface area is 220 Å². The molecule has 0 aliphatic heterocycles. The lowest BCUT2D eigenvalue weighted by Crippen LogP contribution is -2.36. The molecule has 194 valence electrons. The molecule has 0 aliphatic rings. The lowest BCUT2D eigenvalue weighted by molar-refractivity contribution is -0.163. The first-order valence-corrected chi connectivity index (χ1v) is 12.3. The molecule has 1 atom stereocenters. The van der Waals surface area contributed by atoms with Crippen molar-refractivity contribution >= 4 is 17.4 Å². The lowest BCUT2D eigenvalue weighted by atomic mass is 10.0. The van der Waals surface area contributed by atoms with E-state index in [0.717, 1.165) is 22.1 Å². The summed E-state index contributed by atoms with van der Waals surface area (Å²) in [4.78, 5) is 22.7. The van der Waals surface area contributed by atoms with E-state index in [-0.39, 0.29) is 12.2 Å². The molecule has 0 saturated carbocycles. The third kappa shape index (κ3) is 6.78. The minimum atomic E-state index is -0.503. The van der Waals surface area contributed by atoms with Gasteiger partial charge in [0.25, 0.3) is 0 Å². The third-order valence-electron chi connectivity index (χ3n) is 6.25. The molecule has 0 saturated heterocycles. The van der Waals surface area contributed by atoms with Crippen molar-refractivity contribution in [3.05, 3.63) is 94.3 Å². The van der Waals surface area contributed by atoms with Gasteiger partial charge in [-0.25, -0.2) is 9.86 Å². The topological polar surface area (TPSA) is 113 Å². The number of unbranched alkanes of at least 4 members (excludes halogenated alkanes) is 1. The fraction of sp³-hybridized carbons (Fsp3) is 0.233. The molecule has 0 aliphatic carbocycles. The van der Waals surface area contributed by atoms with Gasteiger partial charge in [-0.1, -0.05) is 24.3 Å². The molecule has 3 aromatic carbocycles. The Balaban J connectivity index is 1.25. The second kappa shape index (κ2) is 12.6. The Kier molecular flexibility index (Phi) is 8.75. The third-order valence-corrected chi connectivity index (χ3v) is 6.25. The van der Waals surface area contributed by atoms with Gasteiger partial charge in [0, 0.05) is 11.5 Å². The molecule has 8 nitrogen and oxygen atoms in total. The van der Waals surface area contributed by atoms with Gasteiger partial charge in [0.1, 0.15) is 23.7 Å². The van der Waals surface area contributed by atoms with Gasteiger partial charge in [-0.2, -0.15) is 5.26 Å². The maximum atomic E-state index is 11.5. The normalized spacial score (nSPS) is 11.5. The average molecular weight is 513 g/mol. The number of ether oxygens (including phenoxy) is 2. The Morgan fingerprint density at radius 2 is 1.66 bits per heavy atom. The van der Waals surface area contributed by atoms with Gasteiger partial charge in [0.15, 0.2) is 0 Å². The monoisotopic (exact) mass is 512 g/mol. The number of hydroxylamine groups is 2. The average Bonchev–Trinajstić information content (AvgIpc) is 2.94. The minimum Gasteiger partial charge on any atom is -0.494 e. The van der Waals surface area contributed by atoms with Crippen LogP contribution in [0.4, 0.5) is 0 Å². The summed E-state index contributed by atoms with van der Waals surface area (Å²) in [6, 6.07) is 23.2. The van der Waals surface area contributed by atoms with E-state index >= 15 is 0 Å². The van der Waals surface area contributed by atoms with Gasteiger partial charge in [-0.05, 0) is 85.3 Å². The lowest BCUT2D eigenvalue weighted by Gasteiger charge is -2.22. The van der Waals surface area contributed by atoms with E-state index in [1.807, 2.05) is 49.4 Å². The van der Waals surface area contributed by atoms with Crippen molar-refractivity contribution in [2.24, 2.45) is 0 Å². The smallest absolute Gasteiger partial charge is 0.336 e. The van der Waals surface area contributed by atoms with Crippen molar-refractivity contribution in [3.8, 4) is 28.7 Å². The molecule has 0 spiro atoms. The van der Waals surface area contributed by atoms with E-state index in [1.54, 1.807) is 24.3 Å². The number of hydrogen-bond donors (Lipinski definition) is 1. The molecular weight excluding hydrogens is 484 g/mol. The molecule has 1 aromatic heterocycles. The quantitative estimate of drug-likeness (QED) is 0.0879. The molecule has 8 heteroatoms. The van der Waals surface area contributed by atoms with E-state index in [1.165, 1.54) is 6.07 Å². The summed E-state index contributed by atoms with van der Waals surface area (Å²) in [5.74, 6) is 1.30. The van der Waals surface area contributed by atoms with Crippen LogP contribution in [0.1, 0.15) is 30.4 Å². The van der Waals surface area contributed by atoms with Crippen molar-refractivity contribution < 1.29 is 23.9 Å². The van der Waals surface area contributed by atoms with Gasteiger partial charge in [-0.3, -0.25) is 10.0 Å². The number of hydrogen-bond acceptors (Lipinski definition) is 7. The van der Waals surface area contributed by atoms with Crippen LogP contribution in [0.5, 0.6) is 11.5 Å². The van der Waals surface area contributed by atoms with E-state index in [4.69, 9.17) is 19.2 Å². The van der Waals surface area contributed by atoms with E-state index in [0.29, 0.717) is 60.0 Å². The van der Waals surface area contributed by atoms with Crippen LogP contribution in [0.25, 0.3) is 22.1 Å².